The van der Waals surface area contributed by atoms with Crippen LogP contribution in [0.25, 0.3) is 0 Å². The average Bonchev–Trinajstić information content (AvgIpc) is 2.75. The van der Waals surface area contributed by atoms with Crippen LogP contribution in [0.4, 0.5) is 0 Å². The van der Waals surface area contributed by atoms with Crippen LogP contribution in [0.2, 0.25) is 0 Å². The second-order valence-electron chi connectivity index (χ2n) is 5.47. The van der Waals surface area contributed by atoms with Crippen molar-refractivity contribution in [2.45, 2.75) is 39.2 Å². The van der Waals surface area contributed by atoms with E-state index in [2.05, 4.69) is 32.4 Å². The van der Waals surface area contributed by atoms with E-state index in [-0.39, 0.29) is 24.0 Å². The fourth-order valence-electron chi connectivity index (χ4n) is 2.56. The summed E-state index contributed by atoms with van der Waals surface area (Å²) in [7, 11) is 1.81. The minimum Gasteiger partial charge on any atom is -0.355 e. The number of halogens is 1. The highest BCUT2D eigenvalue weighted by Gasteiger charge is 2.08. The van der Waals surface area contributed by atoms with Crippen LogP contribution in [0, 0.1) is 6.92 Å². The number of aliphatic imine (C=N–C) groups is 1. The molecular formula is C15H28IN5S. The van der Waals surface area contributed by atoms with Crippen molar-refractivity contribution in [3.63, 3.8) is 0 Å². The predicted molar refractivity (Wildman–Crippen MR) is 105 cm³/mol. The number of nitrogens with zero attached hydrogens (tertiary/aromatic N) is 3. The number of hydrogen-bond donors (Lipinski definition) is 2. The Kier molecular flexibility index (Phi) is 9.98. The van der Waals surface area contributed by atoms with Gasteiger partial charge >= 0.3 is 0 Å². The monoisotopic (exact) mass is 437 g/mol. The maximum Gasteiger partial charge on any atom is 0.191 e. The highest BCUT2D eigenvalue weighted by Crippen LogP contribution is 2.10. The third kappa shape index (κ3) is 7.23. The van der Waals surface area contributed by atoms with E-state index in [9.17, 15) is 0 Å². The fraction of sp³-hybridized carbons (Fsp3) is 0.733. The van der Waals surface area contributed by atoms with Crippen LogP contribution in [0.1, 0.15) is 35.6 Å². The molecule has 0 amide bonds. The summed E-state index contributed by atoms with van der Waals surface area (Å²) in [5.74, 6) is 0.859. The molecule has 1 aliphatic heterocycles. The minimum absolute atomic E-state index is 0. The number of likely N-dealkylation sites (tertiary alicyclic amines) is 1. The predicted octanol–water partition coefficient (Wildman–Crippen LogP) is 2.61. The van der Waals surface area contributed by atoms with Gasteiger partial charge in [-0.05, 0) is 32.9 Å². The smallest absolute Gasteiger partial charge is 0.191 e. The van der Waals surface area contributed by atoms with Gasteiger partial charge in [-0.2, -0.15) is 0 Å². The molecule has 1 aromatic heterocycles. The Labute approximate surface area is 155 Å². The highest BCUT2D eigenvalue weighted by molar-refractivity contribution is 14.0. The van der Waals surface area contributed by atoms with Crippen molar-refractivity contribution in [3.8, 4) is 0 Å². The molecule has 0 radical (unpaired) electrons. The Bertz CT molecular complexity index is 441. The Hall–Kier alpha value is -0.410. The molecule has 1 aromatic rings. The summed E-state index contributed by atoms with van der Waals surface area (Å²) >= 11 is 1.72. The number of rotatable bonds is 5. The van der Waals surface area contributed by atoms with Crippen LogP contribution in [0.5, 0.6) is 0 Å². The minimum atomic E-state index is 0. The number of aryl methyl sites for hydroxylation is 1. The summed E-state index contributed by atoms with van der Waals surface area (Å²) < 4.78 is 0. The third-order valence-electron chi connectivity index (χ3n) is 3.72. The van der Waals surface area contributed by atoms with E-state index in [0.717, 1.165) is 30.6 Å². The SMILES string of the molecule is CN=C(NCCN1CCCCCC1)NCc1ncc(C)s1.I. The maximum absolute atomic E-state index is 4.35. The molecule has 0 bridgehead atoms. The van der Waals surface area contributed by atoms with E-state index in [4.69, 9.17) is 0 Å². The van der Waals surface area contributed by atoms with Gasteiger partial charge in [0.25, 0.3) is 0 Å². The maximum atomic E-state index is 4.35. The van der Waals surface area contributed by atoms with Gasteiger partial charge in [0.05, 0.1) is 6.54 Å². The van der Waals surface area contributed by atoms with Gasteiger partial charge in [0.2, 0.25) is 0 Å². The summed E-state index contributed by atoms with van der Waals surface area (Å²) in [6.07, 6.45) is 7.38. The third-order valence-corrected chi connectivity index (χ3v) is 4.63. The van der Waals surface area contributed by atoms with Gasteiger partial charge in [0.1, 0.15) is 5.01 Å². The van der Waals surface area contributed by atoms with Crippen molar-refractivity contribution in [2.24, 2.45) is 4.99 Å². The van der Waals surface area contributed by atoms with E-state index in [0.29, 0.717) is 0 Å². The molecule has 7 heteroatoms. The molecular weight excluding hydrogens is 409 g/mol. The Morgan fingerprint density at radius 1 is 1.27 bits per heavy atom. The second kappa shape index (κ2) is 11.2. The number of thiazole rings is 1. The van der Waals surface area contributed by atoms with Gasteiger partial charge in [-0.1, -0.05) is 12.8 Å². The van der Waals surface area contributed by atoms with Gasteiger partial charge in [0.15, 0.2) is 5.96 Å². The molecule has 2 N–H and O–H groups in total. The highest BCUT2D eigenvalue weighted by atomic mass is 127. The lowest BCUT2D eigenvalue weighted by molar-refractivity contribution is 0.289. The van der Waals surface area contributed by atoms with Crippen LogP contribution < -0.4 is 10.6 Å². The van der Waals surface area contributed by atoms with E-state index in [1.54, 1.807) is 11.3 Å². The zero-order valence-electron chi connectivity index (χ0n) is 13.6. The first-order valence-corrected chi connectivity index (χ1v) is 8.68. The number of nitrogens with one attached hydrogen (secondary N) is 2. The zero-order valence-corrected chi connectivity index (χ0v) is 16.7. The molecule has 1 aliphatic rings. The standard InChI is InChI=1S/C15H27N5S.HI/c1-13-11-18-14(21-13)12-19-15(16-2)17-7-10-20-8-5-3-4-6-9-20;/h11H,3-10,12H2,1-2H3,(H2,16,17,19);1H. The van der Waals surface area contributed by atoms with Gasteiger partial charge in [0, 0.05) is 31.2 Å². The fourth-order valence-corrected chi connectivity index (χ4v) is 3.28. The van der Waals surface area contributed by atoms with Crippen LogP contribution in [0.15, 0.2) is 11.2 Å². The summed E-state index contributed by atoms with van der Waals surface area (Å²) in [6.45, 7) is 7.34. The first kappa shape index (κ1) is 19.6. The molecule has 1 saturated heterocycles. The van der Waals surface area contributed by atoms with Gasteiger partial charge in [-0.3, -0.25) is 4.99 Å². The van der Waals surface area contributed by atoms with Gasteiger partial charge in [-0.15, -0.1) is 35.3 Å². The number of guanidine groups is 1. The molecule has 2 rings (SSSR count). The van der Waals surface area contributed by atoms with E-state index in [1.807, 2.05) is 13.2 Å². The lowest BCUT2D eigenvalue weighted by Crippen LogP contribution is -2.41. The Balaban J connectivity index is 0.00000242. The number of hydrogen-bond acceptors (Lipinski definition) is 4. The van der Waals surface area contributed by atoms with Crippen molar-refractivity contribution < 1.29 is 0 Å². The molecule has 2 heterocycles. The molecule has 0 spiro atoms. The van der Waals surface area contributed by atoms with Crippen LogP contribution in [0.3, 0.4) is 0 Å². The largest absolute Gasteiger partial charge is 0.355 e. The lowest BCUT2D eigenvalue weighted by Gasteiger charge is -2.20. The lowest BCUT2D eigenvalue weighted by atomic mass is 10.2. The molecule has 0 aliphatic carbocycles. The molecule has 126 valence electrons. The first-order valence-electron chi connectivity index (χ1n) is 7.86. The van der Waals surface area contributed by atoms with Crippen LogP contribution >= 0.6 is 35.3 Å². The average molecular weight is 437 g/mol. The molecule has 5 nitrogen and oxygen atoms in total. The van der Waals surface area contributed by atoms with E-state index < -0.39 is 0 Å². The quantitative estimate of drug-likeness (QED) is 0.423. The Morgan fingerprint density at radius 3 is 2.59 bits per heavy atom. The molecule has 1 fully saturated rings. The van der Waals surface area contributed by atoms with Crippen molar-refractivity contribution in [3.05, 3.63) is 16.1 Å². The molecule has 0 aromatic carbocycles. The number of aromatic nitrogens is 1. The van der Waals surface area contributed by atoms with Crippen LogP contribution in [-0.2, 0) is 6.54 Å². The summed E-state index contributed by atoms with van der Waals surface area (Å²) in [6, 6.07) is 0. The molecule has 22 heavy (non-hydrogen) atoms. The van der Waals surface area contributed by atoms with Crippen molar-refractivity contribution in [2.75, 3.05) is 33.2 Å². The molecule has 0 atom stereocenters. The molecule has 0 unspecified atom stereocenters. The summed E-state index contributed by atoms with van der Waals surface area (Å²) in [4.78, 5) is 12.4. The van der Waals surface area contributed by atoms with Gasteiger partial charge in [-0.25, -0.2) is 4.98 Å². The van der Waals surface area contributed by atoms with Crippen molar-refractivity contribution in [1.82, 2.24) is 20.5 Å². The van der Waals surface area contributed by atoms with Crippen molar-refractivity contribution in [1.29, 1.82) is 0 Å². The second-order valence-corrected chi connectivity index (χ2v) is 6.79. The summed E-state index contributed by atoms with van der Waals surface area (Å²) in [5, 5.41) is 7.81. The van der Waals surface area contributed by atoms with Crippen LogP contribution in [-0.4, -0.2) is 49.1 Å². The normalized spacial score (nSPS) is 16.7. The first-order chi connectivity index (χ1) is 10.3. The molecule has 0 saturated carbocycles. The topological polar surface area (TPSA) is 52.6 Å². The van der Waals surface area contributed by atoms with Crippen molar-refractivity contribution >= 4 is 41.3 Å². The van der Waals surface area contributed by atoms with E-state index in [1.165, 1.54) is 43.6 Å². The summed E-state index contributed by atoms with van der Waals surface area (Å²) in [5.41, 5.74) is 0. The zero-order chi connectivity index (χ0) is 14.9. The Morgan fingerprint density at radius 2 is 2.00 bits per heavy atom. The van der Waals surface area contributed by atoms with Gasteiger partial charge < -0.3 is 15.5 Å². The van der Waals surface area contributed by atoms with E-state index >= 15 is 0 Å².